The summed E-state index contributed by atoms with van der Waals surface area (Å²) in [4.78, 5) is 9.52. The molecule has 0 bridgehead atoms. The van der Waals surface area contributed by atoms with Gasteiger partial charge in [-0.2, -0.15) is 0 Å². The predicted octanol–water partition coefficient (Wildman–Crippen LogP) is 3.90. The summed E-state index contributed by atoms with van der Waals surface area (Å²) in [5, 5.41) is 0. The Labute approximate surface area is 156 Å². The third-order valence-corrected chi connectivity index (χ3v) is 5.65. The highest BCUT2D eigenvalue weighted by Gasteiger charge is 2.22. The highest BCUT2D eigenvalue weighted by Crippen LogP contribution is 2.29. The van der Waals surface area contributed by atoms with Crippen LogP contribution in [-0.4, -0.2) is 41.7 Å². The summed E-state index contributed by atoms with van der Waals surface area (Å²) in [5.74, 6) is 0.763. The van der Waals surface area contributed by atoms with Crippen LogP contribution in [0, 0.1) is 0 Å². The maximum atomic E-state index is 6.11. The molecule has 138 valence electrons. The van der Waals surface area contributed by atoms with E-state index < -0.39 is 0 Å². The summed E-state index contributed by atoms with van der Waals surface area (Å²) >= 11 is 0. The van der Waals surface area contributed by atoms with E-state index in [0.29, 0.717) is 12.1 Å². The number of hydrogen-bond acceptors (Lipinski definition) is 4. The third kappa shape index (κ3) is 3.85. The minimum absolute atomic E-state index is 0.300. The molecular weight excluding hydrogens is 322 g/mol. The summed E-state index contributed by atoms with van der Waals surface area (Å²) in [5.41, 5.74) is 4.06. The lowest BCUT2D eigenvalue weighted by molar-refractivity contribution is 0.0812. The van der Waals surface area contributed by atoms with Crippen LogP contribution in [0.1, 0.15) is 37.8 Å². The van der Waals surface area contributed by atoms with Crippen LogP contribution in [-0.2, 0) is 13.0 Å². The summed E-state index contributed by atoms with van der Waals surface area (Å²) in [7, 11) is 0. The Kier molecular flexibility index (Phi) is 5.11. The minimum Gasteiger partial charge on any atom is -0.474 e. The van der Waals surface area contributed by atoms with Crippen LogP contribution in [0.5, 0.6) is 5.88 Å². The summed E-state index contributed by atoms with van der Waals surface area (Å²) < 4.78 is 6.11. The van der Waals surface area contributed by atoms with Crippen molar-refractivity contribution in [3.05, 3.63) is 53.7 Å². The highest BCUT2D eigenvalue weighted by molar-refractivity contribution is 5.58. The zero-order chi connectivity index (χ0) is 17.9. The molecule has 3 heterocycles. The number of anilines is 1. The number of nitrogens with zero attached hydrogens (tertiary/aromatic N) is 3. The average molecular weight is 351 g/mol. The van der Waals surface area contributed by atoms with Crippen molar-refractivity contribution in [1.29, 1.82) is 0 Å². The number of benzene rings is 1. The van der Waals surface area contributed by atoms with Gasteiger partial charge < -0.3 is 14.5 Å². The lowest BCUT2D eigenvalue weighted by atomic mass is 10.1. The minimum atomic E-state index is 0.300. The molecule has 1 saturated heterocycles. The molecule has 0 N–H and O–H groups in total. The molecule has 4 nitrogen and oxygen atoms in total. The van der Waals surface area contributed by atoms with Crippen LogP contribution in [0.2, 0.25) is 0 Å². The number of rotatable bonds is 5. The molecule has 0 amide bonds. The molecule has 0 atom stereocenters. The largest absolute Gasteiger partial charge is 0.474 e. The molecule has 2 aliphatic heterocycles. The van der Waals surface area contributed by atoms with Crippen molar-refractivity contribution in [3.63, 3.8) is 0 Å². The zero-order valence-electron chi connectivity index (χ0n) is 15.9. The van der Waals surface area contributed by atoms with Gasteiger partial charge in [0.1, 0.15) is 6.10 Å². The monoisotopic (exact) mass is 351 g/mol. The summed E-state index contributed by atoms with van der Waals surface area (Å²) in [6.07, 6.45) is 5.59. The smallest absolute Gasteiger partial charge is 0.213 e. The van der Waals surface area contributed by atoms with Crippen molar-refractivity contribution in [3.8, 4) is 5.88 Å². The number of ether oxygens (including phenoxy) is 1. The van der Waals surface area contributed by atoms with Gasteiger partial charge in [-0.25, -0.2) is 4.98 Å². The second-order valence-corrected chi connectivity index (χ2v) is 7.75. The second kappa shape index (κ2) is 7.67. The normalized spacial score (nSPS) is 18.3. The molecule has 0 unspecified atom stereocenters. The second-order valence-electron chi connectivity index (χ2n) is 7.75. The molecule has 2 aromatic rings. The zero-order valence-corrected chi connectivity index (χ0v) is 15.9. The number of aromatic nitrogens is 1. The van der Waals surface area contributed by atoms with Crippen molar-refractivity contribution < 1.29 is 4.74 Å². The van der Waals surface area contributed by atoms with E-state index in [1.54, 1.807) is 0 Å². The van der Waals surface area contributed by atoms with E-state index in [-0.39, 0.29) is 0 Å². The van der Waals surface area contributed by atoms with Crippen LogP contribution < -0.4 is 9.64 Å². The third-order valence-electron chi connectivity index (χ3n) is 5.65. The van der Waals surface area contributed by atoms with Crippen molar-refractivity contribution in [2.75, 3.05) is 24.5 Å². The van der Waals surface area contributed by atoms with E-state index in [4.69, 9.17) is 4.74 Å². The van der Waals surface area contributed by atoms with Crippen molar-refractivity contribution in [2.45, 2.75) is 51.8 Å². The number of pyridine rings is 1. The molecule has 4 rings (SSSR count). The first kappa shape index (κ1) is 17.3. The molecule has 1 fully saturated rings. The quantitative estimate of drug-likeness (QED) is 0.817. The van der Waals surface area contributed by atoms with Crippen LogP contribution in [0.25, 0.3) is 0 Å². The van der Waals surface area contributed by atoms with Gasteiger partial charge in [0.15, 0.2) is 0 Å². The Bertz CT molecular complexity index is 720. The SMILES string of the molecule is CC(C)N1CCC(Oc2ccc(CN3CCc4ccccc43)cn2)CC1. The Balaban J connectivity index is 1.32. The molecule has 0 spiro atoms. The van der Waals surface area contributed by atoms with Crippen LogP contribution >= 0.6 is 0 Å². The molecule has 1 aromatic heterocycles. The van der Waals surface area contributed by atoms with E-state index in [0.717, 1.165) is 51.3 Å². The van der Waals surface area contributed by atoms with Gasteiger partial charge in [0.05, 0.1) is 0 Å². The van der Waals surface area contributed by atoms with Crippen LogP contribution in [0.4, 0.5) is 5.69 Å². The van der Waals surface area contributed by atoms with Gasteiger partial charge in [-0.05, 0) is 50.3 Å². The predicted molar refractivity (Wildman–Crippen MR) is 106 cm³/mol. The Morgan fingerprint density at radius 2 is 1.88 bits per heavy atom. The first-order valence-electron chi connectivity index (χ1n) is 9.87. The Morgan fingerprint density at radius 3 is 2.62 bits per heavy atom. The van der Waals surface area contributed by atoms with E-state index in [2.05, 4.69) is 59.0 Å². The fourth-order valence-electron chi connectivity index (χ4n) is 4.05. The lowest BCUT2D eigenvalue weighted by Gasteiger charge is -2.34. The molecule has 2 aliphatic rings. The fraction of sp³-hybridized carbons (Fsp3) is 0.500. The first-order chi connectivity index (χ1) is 12.7. The van der Waals surface area contributed by atoms with E-state index >= 15 is 0 Å². The number of fused-ring (bicyclic) bond motifs is 1. The maximum Gasteiger partial charge on any atom is 0.213 e. The van der Waals surface area contributed by atoms with Gasteiger partial charge in [-0.15, -0.1) is 0 Å². The number of hydrogen-bond donors (Lipinski definition) is 0. The molecule has 0 saturated carbocycles. The van der Waals surface area contributed by atoms with E-state index in [1.165, 1.54) is 16.8 Å². The van der Waals surface area contributed by atoms with E-state index in [1.807, 2.05) is 12.3 Å². The average Bonchev–Trinajstić information content (AvgIpc) is 3.07. The maximum absolute atomic E-state index is 6.11. The van der Waals surface area contributed by atoms with Crippen LogP contribution in [0.15, 0.2) is 42.6 Å². The molecule has 0 radical (unpaired) electrons. The molecule has 1 aromatic carbocycles. The Morgan fingerprint density at radius 1 is 1.08 bits per heavy atom. The van der Waals surface area contributed by atoms with Gasteiger partial charge in [0, 0.05) is 50.2 Å². The van der Waals surface area contributed by atoms with Crippen molar-refractivity contribution >= 4 is 5.69 Å². The van der Waals surface area contributed by atoms with E-state index in [9.17, 15) is 0 Å². The lowest BCUT2D eigenvalue weighted by Crippen LogP contribution is -2.41. The standard InChI is InChI=1S/C22H29N3O/c1-17(2)24-13-10-20(11-14-24)26-22-8-7-18(15-23-22)16-25-12-9-19-5-3-4-6-21(19)25/h3-8,15,17,20H,9-14,16H2,1-2H3. The molecular formula is C22H29N3O. The van der Waals surface area contributed by atoms with Crippen molar-refractivity contribution in [1.82, 2.24) is 9.88 Å². The topological polar surface area (TPSA) is 28.6 Å². The fourth-order valence-corrected chi connectivity index (χ4v) is 4.05. The van der Waals surface area contributed by atoms with Gasteiger partial charge >= 0.3 is 0 Å². The van der Waals surface area contributed by atoms with Gasteiger partial charge in [-0.1, -0.05) is 24.3 Å². The highest BCUT2D eigenvalue weighted by atomic mass is 16.5. The number of likely N-dealkylation sites (tertiary alicyclic amines) is 1. The van der Waals surface area contributed by atoms with Gasteiger partial charge in [0.25, 0.3) is 0 Å². The molecule has 0 aliphatic carbocycles. The summed E-state index contributed by atoms with van der Waals surface area (Å²) in [6, 6.07) is 13.5. The summed E-state index contributed by atoms with van der Waals surface area (Å²) in [6.45, 7) is 8.77. The van der Waals surface area contributed by atoms with Crippen LogP contribution in [0.3, 0.4) is 0 Å². The molecule has 26 heavy (non-hydrogen) atoms. The Hall–Kier alpha value is -2.07. The first-order valence-corrected chi connectivity index (χ1v) is 9.87. The molecule has 4 heteroatoms. The van der Waals surface area contributed by atoms with Crippen molar-refractivity contribution in [2.24, 2.45) is 0 Å². The van der Waals surface area contributed by atoms with Gasteiger partial charge in [0.2, 0.25) is 5.88 Å². The number of para-hydroxylation sites is 1. The van der Waals surface area contributed by atoms with Gasteiger partial charge in [-0.3, -0.25) is 0 Å². The number of piperidine rings is 1.